The summed E-state index contributed by atoms with van der Waals surface area (Å²) in [5.41, 5.74) is 6.61. The number of carbonyl (C=O) groups excluding carboxylic acids is 1. The molecule has 0 aliphatic carbocycles. The van der Waals surface area contributed by atoms with Gasteiger partial charge in [0.05, 0.1) is 24.4 Å². The molecule has 0 aliphatic rings. The van der Waals surface area contributed by atoms with E-state index in [1.54, 1.807) is 25.1 Å². The van der Waals surface area contributed by atoms with Crippen LogP contribution < -0.4 is 15.8 Å². The van der Waals surface area contributed by atoms with E-state index < -0.39 is 0 Å². The lowest BCUT2D eigenvalue weighted by atomic mass is 10.1. The molecule has 0 saturated heterocycles. The number of nitrogens with one attached hydrogen (secondary N) is 1. The van der Waals surface area contributed by atoms with E-state index in [1.165, 1.54) is 0 Å². The molecule has 0 aliphatic heterocycles. The molecule has 106 valence electrons. The summed E-state index contributed by atoms with van der Waals surface area (Å²) in [5.74, 6) is 0.941. The highest BCUT2D eigenvalue weighted by Gasteiger charge is 2.15. The van der Waals surface area contributed by atoms with Crippen molar-refractivity contribution in [2.75, 3.05) is 12.3 Å². The van der Waals surface area contributed by atoms with Gasteiger partial charge in [0.25, 0.3) is 5.91 Å². The number of ether oxygens (including phenoxy) is 1. The first-order chi connectivity index (χ1) is 9.61. The summed E-state index contributed by atoms with van der Waals surface area (Å²) in [6.07, 6.45) is 0. The molecule has 1 aromatic carbocycles. The molecule has 3 N–H and O–H groups in total. The lowest BCUT2D eigenvalue weighted by Gasteiger charge is -2.11. The fourth-order valence-electron chi connectivity index (χ4n) is 1.70. The highest BCUT2D eigenvalue weighted by Crippen LogP contribution is 2.26. The summed E-state index contributed by atoms with van der Waals surface area (Å²) in [6.45, 7) is 4.12. The summed E-state index contributed by atoms with van der Waals surface area (Å²) in [7, 11) is 0. The second-order valence-corrected chi connectivity index (χ2v) is 4.07. The fourth-order valence-corrected chi connectivity index (χ4v) is 1.70. The Morgan fingerprint density at radius 1 is 1.50 bits per heavy atom. The Hall–Kier alpha value is -2.57. The van der Waals surface area contributed by atoms with Gasteiger partial charge >= 0.3 is 0 Å². The normalized spacial score (nSPS) is 10.3. The van der Waals surface area contributed by atoms with E-state index in [1.807, 2.05) is 6.92 Å². The molecule has 20 heavy (non-hydrogen) atoms. The van der Waals surface area contributed by atoms with E-state index in [9.17, 15) is 4.79 Å². The summed E-state index contributed by atoms with van der Waals surface area (Å²) in [6, 6.07) is 5.03. The third-order valence-electron chi connectivity index (χ3n) is 2.55. The smallest absolute Gasteiger partial charge is 0.255 e. The number of carbonyl (C=O) groups is 1. The Labute approximate surface area is 116 Å². The first-order valence-electron chi connectivity index (χ1n) is 6.20. The van der Waals surface area contributed by atoms with Crippen LogP contribution >= 0.6 is 0 Å². The van der Waals surface area contributed by atoms with Crippen molar-refractivity contribution in [3.8, 4) is 5.75 Å². The van der Waals surface area contributed by atoms with Crippen LogP contribution in [0.1, 0.15) is 29.0 Å². The van der Waals surface area contributed by atoms with Gasteiger partial charge in [0, 0.05) is 0 Å². The maximum atomic E-state index is 12.1. The predicted octanol–water partition coefficient (Wildman–Crippen LogP) is 1.29. The molecule has 7 nitrogen and oxygen atoms in total. The van der Waals surface area contributed by atoms with Crippen LogP contribution in [0.3, 0.4) is 0 Å². The van der Waals surface area contributed by atoms with Crippen molar-refractivity contribution in [2.24, 2.45) is 0 Å². The maximum Gasteiger partial charge on any atom is 0.255 e. The van der Waals surface area contributed by atoms with Crippen molar-refractivity contribution in [3.05, 3.63) is 35.5 Å². The zero-order valence-electron chi connectivity index (χ0n) is 11.3. The monoisotopic (exact) mass is 276 g/mol. The Morgan fingerprint density at radius 2 is 2.30 bits per heavy atom. The number of rotatable bonds is 5. The van der Waals surface area contributed by atoms with Crippen LogP contribution in [-0.2, 0) is 6.54 Å². The molecule has 2 aromatic rings. The Bertz CT molecular complexity index is 609. The van der Waals surface area contributed by atoms with Crippen LogP contribution in [-0.4, -0.2) is 22.7 Å². The van der Waals surface area contributed by atoms with Gasteiger partial charge in [-0.1, -0.05) is 11.2 Å². The maximum absolute atomic E-state index is 12.1. The van der Waals surface area contributed by atoms with Gasteiger partial charge in [-0.2, -0.15) is 4.98 Å². The van der Waals surface area contributed by atoms with E-state index in [0.717, 1.165) is 0 Å². The zero-order valence-corrected chi connectivity index (χ0v) is 11.3. The van der Waals surface area contributed by atoms with Crippen LogP contribution in [0, 0.1) is 6.92 Å². The lowest BCUT2D eigenvalue weighted by molar-refractivity contribution is 0.0942. The second kappa shape index (κ2) is 6.05. The first-order valence-corrected chi connectivity index (χ1v) is 6.20. The molecular weight excluding hydrogens is 260 g/mol. The van der Waals surface area contributed by atoms with E-state index in [-0.39, 0.29) is 12.5 Å². The average molecular weight is 276 g/mol. The summed E-state index contributed by atoms with van der Waals surface area (Å²) in [5, 5.41) is 6.33. The van der Waals surface area contributed by atoms with Gasteiger partial charge in [0.2, 0.25) is 5.89 Å². The van der Waals surface area contributed by atoms with Crippen LogP contribution in [0.5, 0.6) is 5.75 Å². The van der Waals surface area contributed by atoms with Crippen molar-refractivity contribution in [2.45, 2.75) is 20.4 Å². The van der Waals surface area contributed by atoms with Crippen LogP contribution in [0.4, 0.5) is 5.69 Å². The minimum absolute atomic E-state index is 0.153. The molecule has 7 heteroatoms. The van der Waals surface area contributed by atoms with E-state index in [2.05, 4.69) is 15.5 Å². The minimum atomic E-state index is -0.309. The molecular formula is C13H16N4O3. The molecule has 0 atom stereocenters. The summed E-state index contributed by atoms with van der Waals surface area (Å²) in [4.78, 5) is 16.1. The largest absolute Gasteiger partial charge is 0.491 e. The van der Waals surface area contributed by atoms with Crippen molar-refractivity contribution in [1.29, 1.82) is 0 Å². The molecule has 1 amide bonds. The predicted molar refractivity (Wildman–Crippen MR) is 72.2 cm³/mol. The minimum Gasteiger partial charge on any atom is -0.491 e. The van der Waals surface area contributed by atoms with E-state index in [0.29, 0.717) is 35.3 Å². The van der Waals surface area contributed by atoms with Gasteiger partial charge in [0.15, 0.2) is 11.6 Å². The lowest BCUT2D eigenvalue weighted by Crippen LogP contribution is -2.24. The Kier molecular flexibility index (Phi) is 4.19. The molecule has 0 unspecified atom stereocenters. The number of benzene rings is 1. The fraction of sp³-hybridized carbons (Fsp3) is 0.308. The van der Waals surface area contributed by atoms with Gasteiger partial charge in [0.1, 0.15) is 0 Å². The summed E-state index contributed by atoms with van der Waals surface area (Å²) >= 11 is 0. The van der Waals surface area contributed by atoms with Gasteiger partial charge < -0.3 is 20.3 Å². The molecule has 0 bridgehead atoms. The molecule has 2 rings (SSSR count). The SMILES string of the molecule is CCOc1c(N)cccc1C(=O)NCc1nc(C)no1. The number of hydrogen-bond acceptors (Lipinski definition) is 6. The van der Waals surface area contributed by atoms with Crippen molar-refractivity contribution in [1.82, 2.24) is 15.5 Å². The number of aromatic nitrogens is 2. The van der Waals surface area contributed by atoms with Crippen LogP contribution in [0.15, 0.2) is 22.7 Å². The topological polar surface area (TPSA) is 103 Å². The molecule has 1 aromatic heterocycles. The van der Waals surface area contributed by atoms with Crippen molar-refractivity contribution >= 4 is 11.6 Å². The van der Waals surface area contributed by atoms with Gasteiger partial charge in [-0.05, 0) is 26.0 Å². The Balaban J connectivity index is 2.10. The Morgan fingerprint density at radius 3 is 2.95 bits per heavy atom. The van der Waals surface area contributed by atoms with Gasteiger partial charge in [-0.15, -0.1) is 0 Å². The third kappa shape index (κ3) is 3.05. The molecule has 1 heterocycles. The number of nitrogens with two attached hydrogens (primary N) is 1. The average Bonchev–Trinajstić information content (AvgIpc) is 2.84. The van der Waals surface area contributed by atoms with Crippen molar-refractivity contribution < 1.29 is 14.1 Å². The van der Waals surface area contributed by atoms with E-state index >= 15 is 0 Å². The second-order valence-electron chi connectivity index (χ2n) is 4.07. The van der Waals surface area contributed by atoms with Crippen molar-refractivity contribution in [3.63, 3.8) is 0 Å². The number of nitrogens with zero attached hydrogens (tertiary/aromatic N) is 2. The van der Waals surface area contributed by atoms with Gasteiger partial charge in [-0.25, -0.2) is 0 Å². The quantitative estimate of drug-likeness (QED) is 0.797. The van der Waals surface area contributed by atoms with Crippen LogP contribution in [0.25, 0.3) is 0 Å². The van der Waals surface area contributed by atoms with E-state index in [4.69, 9.17) is 15.0 Å². The third-order valence-corrected chi connectivity index (χ3v) is 2.55. The number of hydrogen-bond donors (Lipinski definition) is 2. The molecule has 0 radical (unpaired) electrons. The number of aryl methyl sites for hydroxylation is 1. The number of para-hydroxylation sites is 1. The van der Waals surface area contributed by atoms with Gasteiger partial charge in [-0.3, -0.25) is 4.79 Å². The number of nitrogen functional groups attached to an aromatic ring is 1. The van der Waals surface area contributed by atoms with Crippen LogP contribution in [0.2, 0.25) is 0 Å². The molecule has 0 saturated carbocycles. The highest BCUT2D eigenvalue weighted by molar-refractivity contribution is 5.98. The highest BCUT2D eigenvalue weighted by atomic mass is 16.5. The molecule has 0 spiro atoms. The molecule has 0 fully saturated rings. The first kappa shape index (κ1) is 13.9. The number of anilines is 1. The zero-order chi connectivity index (χ0) is 14.5. The number of amides is 1. The standard InChI is InChI=1S/C13H16N4O3/c1-3-19-12-9(5-4-6-10(12)14)13(18)15-7-11-16-8(2)17-20-11/h4-6H,3,7,14H2,1-2H3,(H,15,18). The summed E-state index contributed by atoms with van der Waals surface area (Å²) < 4.78 is 10.3.